The molecule has 1 aliphatic carbocycles. The highest BCUT2D eigenvalue weighted by Crippen LogP contribution is 2.27. The van der Waals surface area contributed by atoms with Crippen LogP contribution in [0.5, 0.6) is 0 Å². The summed E-state index contributed by atoms with van der Waals surface area (Å²) in [6.45, 7) is 5.87. The van der Waals surface area contributed by atoms with Gasteiger partial charge in [0.05, 0.1) is 11.6 Å². The molecule has 1 amide bonds. The predicted molar refractivity (Wildman–Crippen MR) is 134 cm³/mol. The van der Waals surface area contributed by atoms with Crippen molar-refractivity contribution in [2.45, 2.75) is 32.2 Å². The second-order valence-electron chi connectivity index (χ2n) is 7.83. The number of hydrogen-bond acceptors (Lipinski definition) is 3. The number of halogens is 3. The Balaban J connectivity index is 0.00000320. The number of piperazine rings is 1. The first kappa shape index (κ1) is 25.5. The fourth-order valence-electron chi connectivity index (χ4n) is 4.11. The Kier molecular flexibility index (Phi) is 10.5. The van der Waals surface area contributed by atoms with Gasteiger partial charge in [0.1, 0.15) is 5.15 Å². The molecule has 3 rings (SSSR count). The molecule has 30 heavy (non-hydrogen) atoms. The third-order valence-electron chi connectivity index (χ3n) is 5.99. The fraction of sp³-hybridized carbons (Fsp3) is 0.700. The lowest BCUT2D eigenvalue weighted by atomic mass is 10.1. The third-order valence-corrected chi connectivity index (χ3v) is 6.83. The van der Waals surface area contributed by atoms with E-state index in [2.05, 4.69) is 25.4 Å². The number of nitrogens with zero attached hydrogens (tertiary/aromatic N) is 4. The van der Waals surface area contributed by atoms with E-state index < -0.39 is 0 Å². The van der Waals surface area contributed by atoms with Crippen molar-refractivity contribution in [2.75, 3.05) is 46.3 Å². The number of amides is 1. The maximum Gasteiger partial charge on any atom is 0.225 e. The highest BCUT2D eigenvalue weighted by atomic mass is 127. The lowest BCUT2D eigenvalue weighted by Gasteiger charge is -2.36. The molecule has 0 bridgehead atoms. The van der Waals surface area contributed by atoms with E-state index in [0.717, 1.165) is 63.8 Å². The molecule has 1 saturated heterocycles. The molecule has 0 aromatic carbocycles. The van der Waals surface area contributed by atoms with Crippen molar-refractivity contribution in [1.82, 2.24) is 25.0 Å². The Morgan fingerprint density at radius 1 is 1.17 bits per heavy atom. The van der Waals surface area contributed by atoms with Gasteiger partial charge in [0, 0.05) is 65.0 Å². The first-order valence-electron chi connectivity index (χ1n) is 10.4. The number of hydrogen-bond donors (Lipinski definition) is 2. The quantitative estimate of drug-likeness (QED) is 0.314. The van der Waals surface area contributed by atoms with Crippen LogP contribution in [-0.2, 0) is 18.4 Å². The second kappa shape index (κ2) is 12.4. The molecule has 0 atom stereocenters. The summed E-state index contributed by atoms with van der Waals surface area (Å²) >= 11 is 12.2. The molecule has 2 heterocycles. The molecule has 2 aliphatic rings. The lowest BCUT2D eigenvalue weighted by molar-refractivity contribution is -0.137. The standard InChI is InChI=1S/C20H32Cl2N6O.HI/c1-23-20(25-14-16-13-17(21)18(22)26(16)2)24-7-8-27-9-11-28(12-10-27)19(29)15-5-3-4-6-15;/h13,15H,3-12,14H2,1-2H3,(H2,23,24,25);1H. The van der Waals surface area contributed by atoms with Gasteiger partial charge in [-0.3, -0.25) is 14.7 Å². The fourth-order valence-corrected chi connectivity index (χ4v) is 4.52. The van der Waals surface area contributed by atoms with E-state index in [1.165, 1.54) is 12.8 Å². The Hall–Kier alpha value is -0.710. The summed E-state index contributed by atoms with van der Waals surface area (Å²) in [6, 6.07) is 1.86. The SMILES string of the molecule is CN=C(NCCN1CCN(C(=O)C2CCCC2)CC1)NCc1cc(Cl)c(Cl)n1C.I. The van der Waals surface area contributed by atoms with E-state index in [9.17, 15) is 4.79 Å². The minimum Gasteiger partial charge on any atom is -0.355 e. The van der Waals surface area contributed by atoms with Gasteiger partial charge in [0.2, 0.25) is 5.91 Å². The van der Waals surface area contributed by atoms with E-state index in [-0.39, 0.29) is 29.9 Å². The van der Waals surface area contributed by atoms with Crippen LogP contribution < -0.4 is 10.6 Å². The zero-order valence-electron chi connectivity index (χ0n) is 17.8. The molecule has 1 aliphatic heterocycles. The van der Waals surface area contributed by atoms with Crippen LogP contribution in [0.2, 0.25) is 10.2 Å². The van der Waals surface area contributed by atoms with Crippen molar-refractivity contribution >= 4 is 59.0 Å². The van der Waals surface area contributed by atoms with Gasteiger partial charge in [-0.2, -0.15) is 0 Å². The number of carbonyl (C=O) groups excluding carboxylic acids is 1. The normalized spacial score (nSPS) is 18.4. The summed E-state index contributed by atoms with van der Waals surface area (Å²) < 4.78 is 1.86. The molecule has 1 aromatic heterocycles. The topological polar surface area (TPSA) is 64.9 Å². The molecule has 2 fully saturated rings. The Morgan fingerprint density at radius 3 is 2.40 bits per heavy atom. The smallest absolute Gasteiger partial charge is 0.225 e. The van der Waals surface area contributed by atoms with Crippen molar-refractivity contribution < 1.29 is 4.79 Å². The molecule has 7 nitrogen and oxygen atoms in total. The molecule has 0 radical (unpaired) electrons. The summed E-state index contributed by atoms with van der Waals surface area (Å²) in [5, 5.41) is 7.73. The molecular formula is C20H33Cl2IN6O. The number of aliphatic imine (C=N–C) groups is 1. The molecule has 2 N–H and O–H groups in total. The summed E-state index contributed by atoms with van der Waals surface area (Å²) in [5.41, 5.74) is 0.992. The van der Waals surface area contributed by atoms with Crippen LogP contribution in [0.15, 0.2) is 11.1 Å². The van der Waals surface area contributed by atoms with Gasteiger partial charge in [-0.1, -0.05) is 36.0 Å². The molecule has 1 aromatic rings. The summed E-state index contributed by atoms with van der Waals surface area (Å²) in [5.74, 6) is 1.41. The van der Waals surface area contributed by atoms with Crippen molar-refractivity contribution in [3.63, 3.8) is 0 Å². The first-order valence-corrected chi connectivity index (χ1v) is 11.2. The van der Waals surface area contributed by atoms with Crippen LogP contribution >= 0.6 is 47.2 Å². The summed E-state index contributed by atoms with van der Waals surface area (Å²) in [4.78, 5) is 21.3. The molecule has 0 spiro atoms. The molecule has 1 saturated carbocycles. The van der Waals surface area contributed by atoms with Crippen LogP contribution in [0.25, 0.3) is 0 Å². The van der Waals surface area contributed by atoms with E-state index in [1.807, 2.05) is 17.7 Å². The van der Waals surface area contributed by atoms with Crippen LogP contribution in [0.3, 0.4) is 0 Å². The maximum atomic E-state index is 12.5. The van der Waals surface area contributed by atoms with Gasteiger partial charge in [-0.25, -0.2) is 0 Å². The zero-order valence-corrected chi connectivity index (χ0v) is 21.6. The van der Waals surface area contributed by atoms with Crippen LogP contribution in [0, 0.1) is 5.92 Å². The Labute approximate surface area is 206 Å². The van der Waals surface area contributed by atoms with Crippen LogP contribution in [0.1, 0.15) is 31.4 Å². The van der Waals surface area contributed by atoms with E-state index in [4.69, 9.17) is 23.2 Å². The van der Waals surface area contributed by atoms with E-state index in [1.54, 1.807) is 7.05 Å². The molecule has 0 unspecified atom stereocenters. The van der Waals surface area contributed by atoms with Crippen molar-refractivity contribution in [3.05, 3.63) is 21.9 Å². The van der Waals surface area contributed by atoms with Crippen LogP contribution in [0.4, 0.5) is 0 Å². The zero-order chi connectivity index (χ0) is 20.8. The number of nitrogens with one attached hydrogen (secondary N) is 2. The number of aromatic nitrogens is 1. The van der Waals surface area contributed by atoms with Gasteiger partial charge in [0.25, 0.3) is 0 Å². The Morgan fingerprint density at radius 2 is 1.83 bits per heavy atom. The average molecular weight is 571 g/mol. The van der Waals surface area contributed by atoms with Gasteiger partial charge in [0.15, 0.2) is 5.96 Å². The second-order valence-corrected chi connectivity index (χ2v) is 8.60. The van der Waals surface area contributed by atoms with Crippen LogP contribution in [-0.4, -0.2) is 72.5 Å². The maximum absolute atomic E-state index is 12.5. The number of rotatable bonds is 6. The van der Waals surface area contributed by atoms with Gasteiger partial charge < -0.3 is 20.1 Å². The summed E-state index contributed by atoms with van der Waals surface area (Å²) in [6.07, 6.45) is 4.58. The van der Waals surface area contributed by atoms with Crippen molar-refractivity contribution in [3.8, 4) is 0 Å². The third kappa shape index (κ3) is 6.64. The first-order chi connectivity index (χ1) is 14.0. The highest BCUT2D eigenvalue weighted by Gasteiger charge is 2.29. The van der Waals surface area contributed by atoms with Gasteiger partial charge in [-0.15, -0.1) is 24.0 Å². The van der Waals surface area contributed by atoms with E-state index >= 15 is 0 Å². The number of carbonyl (C=O) groups is 1. The van der Waals surface area contributed by atoms with E-state index in [0.29, 0.717) is 22.6 Å². The lowest BCUT2D eigenvalue weighted by Crippen LogP contribution is -2.51. The molecule has 170 valence electrons. The largest absolute Gasteiger partial charge is 0.355 e. The monoisotopic (exact) mass is 570 g/mol. The molecule has 10 heteroatoms. The summed E-state index contributed by atoms with van der Waals surface area (Å²) in [7, 11) is 3.65. The van der Waals surface area contributed by atoms with Gasteiger partial charge >= 0.3 is 0 Å². The van der Waals surface area contributed by atoms with Crippen molar-refractivity contribution in [1.29, 1.82) is 0 Å². The predicted octanol–water partition coefficient (Wildman–Crippen LogP) is 2.95. The highest BCUT2D eigenvalue weighted by molar-refractivity contribution is 14.0. The number of guanidine groups is 1. The molecular weight excluding hydrogens is 538 g/mol. The minimum absolute atomic E-state index is 0. The van der Waals surface area contributed by atoms with Crippen molar-refractivity contribution in [2.24, 2.45) is 18.0 Å². The Bertz CT molecular complexity index is 727. The average Bonchev–Trinajstić information content (AvgIpc) is 3.36. The minimum atomic E-state index is 0. The van der Waals surface area contributed by atoms with Gasteiger partial charge in [-0.05, 0) is 18.9 Å².